The van der Waals surface area contributed by atoms with Crippen LogP contribution in [-0.2, 0) is 14.8 Å². The monoisotopic (exact) mass is 359 g/mol. The Bertz CT molecular complexity index is 836. The van der Waals surface area contributed by atoms with Crippen LogP contribution in [0.3, 0.4) is 0 Å². The number of amides is 1. The van der Waals surface area contributed by atoms with E-state index < -0.39 is 16.1 Å². The fourth-order valence-electron chi connectivity index (χ4n) is 2.95. The maximum absolute atomic E-state index is 12.4. The van der Waals surface area contributed by atoms with Gasteiger partial charge in [0.1, 0.15) is 6.04 Å². The van der Waals surface area contributed by atoms with E-state index in [1.54, 1.807) is 12.1 Å². The third-order valence-electron chi connectivity index (χ3n) is 4.15. The minimum Gasteiger partial charge on any atom is -0.356 e. The molecule has 0 aliphatic carbocycles. The first-order chi connectivity index (χ1) is 11.9. The van der Waals surface area contributed by atoms with Gasteiger partial charge >= 0.3 is 0 Å². The Kier molecular flexibility index (Phi) is 5.06. The first-order valence-corrected chi connectivity index (χ1v) is 9.98. The predicted octanol–water partition coefficient (Wildman–Crippen LogP) is 2.79. The molecule has 1 unspecified atom stereocenters. The van der Waals surface area contributed by atoms with Crippen molar-refractivity contribution in [3.63, 3.8) is 0 Å². The Morgan fingerprint density at radius 2 is 1.60 bits per heavy atom. The Morgan fingerprint density at radius 1 is 1.00 bits per heavy atom. The van der Waals surface area contributed by atoms with Gasteiger partial charge in [-0.2, -0.15) is 4.31 Å². The summed E-state index contributed by atoms with van der Waals surface area (Å²) in [6, 6.07) is 16.5. The third kappa shape index (κ3) is 4.37. The highest BCUT2D eigenvalue weighted by atomic mass is 32.2. The molecule has 2 aromatic carbocycles. The van der Waals surface area contributed by atoms with Crippen molar-refractivity contribution in [3.05, 3.63) is 54.6 Å². The van der Waals surface area contributed by atoms with E-state index in [2.05, 4.69) is 10.6 Å². The number of para-hydroxylation sites is 1. The lowest BCUT2D eigenvalue weighted by molar-refractivity contribution is -0.119. The van der Waals surface area contributed by atoms with Crippen LogP contribution in [0.2, 0.25) is 0 Å². The molecule has 0 bridgehead atoms. The zero-order chi connectivity index (χ0) is 17.9. The molecule has 2 aromatic rings. The van der Waals surface area contributed by atoms with Crippen LogP contribution in [0.5, 0.6) is 0 Å². The number of carbonyl (C=O) groups excluding carboxylic acids is 1. The van der Waals surface area contributed by atoms with E-state index in [9.17, 15) is 13.2 Å². The number of nitrogens with one attached hydrogen (secondary N) is 2. The summed E-state index contributed by atoms with van der Waals surface area (Å²) in [5.74, 6) is -0.285. The van der Waals surface area contributed by atoms with E-state index in [0.717, 1.165) is 17.6 Å². The van der Waals surface area contributed by atoms with E-state index >= 15 is 0 Å². The molecule has 0 saturated carbocycles. The molecule has 0 aromatic heterocycles. The van der Waals surface area contributed by atoms with Gasteiger partial charge in [0.25, 0.3) is 0 Å². The Morgan fingerprint density at radius 3 is 2.24 bits per heavy atom. The summed E-state index contributed by atoms with van der Waals surface area (Å²) < 4.78 is 24.8. The van der Waals surface area contributed by atoms with Crippen molar-refractivity contribution in [2.45, 2.75) is 18.9 Å². The molecule has 1 amide bonds. The molecule has 6 nitrogen and oxygen atoms in total. The summed E-state index contributed by atoms with van der Waals surface area (Å²) in [6.07, 6.45) is 2.39. The molecule has 1 atom stereocenters. The second-order valence-corrected chi connectivity index (χ2v) is 8.02. The standard InChI is InChI=1S/C18H21N3O3S/c1-25(23,24)21-13-5-8-17(21)18(22)20-16-11-9-15(10-12-16)19-14-6-3-2-4-7-14/h2-4,6-7,9-12,17,19H,5,8,13H2,1H3,(H,20,22). The normalized spacial score (nSPS) is 18.0. The first-order valence-electron chi connectivity index (χ1n) is 8.13. The zero-order valence-corrected chi connectivity index (χ0v) is 14.8. The van der Waals surface area contributed by atoms with E-state index in [4.69, 9.17) is 0 Å². The number of hydrogen-bond donors (Lipinski definition) is 2. The van der Waals surface area contributed by atoms with Crippen LogP contribution < -0.4 is 10.6 Å². The molecular weight excluding hydrogens is 338 g/mol. The van der Waals surface area contributed by atoms with E-state index in [1.165, 1.54) is 4.31 Å². The van der Waals surface area contributed by atoms with Crippen LogP contribution in [0, 0.1) is 0 Å². The molecule has 1 fully saturated rings. The van der Waals surface area contributed by atoms with Gasteiger partial charge in [-0.15, -0.1) is 0 Å². The summed E-state index contributed by atoms with van der Waals surface area (Å²) in [5, 5.41) is 6.07. The van der Waals surface area contributed by atoms with Gasteiger partial charge in [0, 0.05) is 23.6 Å². The smallest absolute Gasteiger partial charge is 0.242 e. The van der Waals surface area contributed by atoms with E-state index in [-0.39, 0.29) is 5.91 Å². The lowest BCUT2D eigenvalue weighted by atomic mass is 10.2. The van der Waals surface area contributed by atoms with Crippen LogP contribution in [0.1, 0.15) is 12.8 Å². The van der Waals surface area contributed by atoms with Gasteiger partial charge in [0.15, 0.2) is 0 Å². The SMILES string of the molecule is CS(=O)(=O)N1CCCC1C(=O)Nc1ccc(Nc2ccccc2)cc1. The lowest BCUT2D eigenvalue weighted by Gasteiger charge is -2.21. The maximum atomic E-state index is 12.4. The number of sulfonamides is 1. The Hall–Kier alpha value is -2.38. The summed E-state index contributed by atoms with van der Waals surface area (Å²) in [5.41, 5.74) is 2.53. The van der Waals surface area contributed by atoms with Crippen LogP contribution in [-0.4, -0.2) is 37.5 Å². The summed E-state index contributed by atoms with van der Waals surface area (Å²) in [6.45, 7) is 0.400. The van der Waals surface area contributed by atoms with Crippen molar-refractivity contribution in [3.8, 4) is 0 Å². The lowest BCUT2D eigenvalue weighted by Crippen LogP contribution is -2.42. The number of anilines is 3. The van der Waals surface area contributed by atoms with Crippen molar-refractivity contribution in [1.29, 1.82) is 0 Å². The van der Waals surface area contributed by atoms with Gasteiger partial charge < -0.3 is 10.6 Å². The Labute approximate surface area is 147 Å². The highest BCUT2D eigenvalue weighted by molar-refractivity contribution is 7.88. The number of rotatable bonds is 5. The van der Waals surface area contributed by atoms with Gasteiger partial charge in [-0.1, -0.05) is 18.2 Å². The Balaban J connectivity index is 1.64. The molecule has 0 radical (unpaired) electrons. The summed E-state index contributed by atoms with van der Waals surface area (Å²) >= 11 is 0. The average Bonchev–Trinajstić information content (AvgIpc) is 3.08. The fourth-order valence-corrected chi connectivity index (χ4v) is 4.07. The molecule has 1 saturated heterocycles. The maximum Gasteiger partial charge on any atom is 0.242 e. The van der Waals surface area contributed by atoms with E-state index in [1.807, 2.05) is 42.5 Å². The van der Waals surface area contributed by atoms with Crippen molar-refractivity contribution < 1.29 is 13.2 Å². The largest absolute Gasteiger partial charge is 0.356 e. The zero-order valence-electron chi connectivity index (χ0n) is 14.0. The molecule has 3 rings (SSSR count). The van der Waals surface area contributed by atoms with Crippen molar-refractivity contribution in [2.24, 2.45) is 0 Å². The molecular formula is C18H21N3O3S. The summed E-state index contributed by atoms with van der Waals surface area (Å²) in [7, 11) is -3.37. The van der Waals surface area contributed by atoms with Crippen molar-refractivity contribution in [1.82, 2.24) is 4.31 Å². The van der Waals surface area contributed by atoms with Gasteiger partial charge in [0.2, 0.25) is 15.9 Å². The number of hydrogen-bond acceptors (Lipinski definition) is 4. The first kappa shape index (κ1) is 17.4. The second-order valence-electron chi connectivity index (χ2n) is 6.09. The fraction of sp³-hybridized carbons (Fsp3) is 0.278. The van der Waals surface area contributed by atoms with Gasteiger partial charge in [-0.05, 0) is 49.2 Å². The molecule has 2 N–H and O–H groups in total. The number of carbonyl (C=O) groups is 1. The number of benzene rings is 2. The van der Waals surface area contributed by atoms with Gasteiger partial charge in [-0.3, -0.25) is 4.79 Å². The molecule has 25 heavy (non-hydrogen) atoms. The van der Waals surface area contributed by atoms with Crippen LogP contribution in [0.15, 0.2) is 54.6 Å². The molecule has 0 spiro atoms. The minimum absolute atomic E-state index is 0.285. The summed E-state index contributed by atoms with van der Waals surface area (Å²) in [4.78, 5) is 12.4. The minimum atomic E-state index is -3.37. The molecule has 7 heteroatoms. The van der Waals surface area contributed by atoms with Crippen molar-refractivity contribution in [2.75, 3.05) is 23.4 Å². The van der Waals surface area contributed by atoms with Crippen LogP contribution in [0.4, 0.5) is 17.1 Å². The quantitative estimate of drug-likeness (QED) is 0.860. The highest BCUT2D eigenvalue weighted by Crippen LogP contribution is 2.23. The molecule has 132 valence electrons. The third-order valence-corrected chi connectivity index (χ3v) is 5.44. The van der Waals surface area contributed by atoms with Gasteiger partial charge in [-0.25, -0.2) is 8.42 Å². The number of nitrogens with zero attached hydrogens (tertiary/aromatic N) is 1. The highest BCUT2D eigenvalue weighted by Gasteiger charge is 2.36. The van der Waals surface area contributed by atoms with Crippen molar-refractivity contribution >= 4 is 33.0 Å². The van der Waals surface area contributed by atoms with Crippen LogP contribution in [0.25, 0.3) is 0 Å². The molecule has 1 aliphatic rings. The second kappa shape index (κ2) is 7.25. The topological polar surface area (TPSA) is 78.5 Å². The molecule has 1 aliphatic heterocycles. The molecule has 1 heterocycles. The predicted molar refractivity (Wildman–Crippen MR) is 99.4 cm³/mol. The average molecular weight is 359 g/mol. The van der Waals surface area contributed by atoms with Gasteiger partial charge in [0.05, 0.1) is 6.26 Å². The van der Waals surface area contributed by atoms with E-state index in [0.29, 0.717) is 25.1 Å². The van der Waals surface area contributed by atoms with Crippen LogP contribution >= 0.6 is 0 Å².